The molecule has 0 N–H and O–H groups in total. The Morgan fingerprint density at radius 3 is 2.75 bits per heavy atom. The molecular weight excluding hydrogens is 188 g/mol. The second-order valence-corrected chi connectivity index (χ2v) is 7.04. The zero-order chi connectivity index (χ0) is 9.19. The van der Waals surface area contributed by atoms with Gasteiger partial charge in [0.25, 0.3) is 0 Å². The van der Waals surface area contributed by atoms with Crippen molar-refractivity contribution in [3.05, 3.63) is 0 Å². The number of halogens is 1. The van der Waals surface area contributed by atoms with E-state index in [1.807, 2.05) is 11.8 Å². The Kier molecular flexibility index (Phi) is 3.78. The van der Waals surface area contributed by atoms with E-state index in [9.17, 15) is 0 Å². The Bertz CT molecular complexity index is 143. The molecule has 0 amide bonds. The summed E-state index contributed by atoms with van der Waals surface area (Å²) in [6, 6.07) is 0. The third-order valence-electron chi connectivity index (χ3n) is 2.39. The number of hydrogen-bond acceptors (Lipinski definition) is 1. The molecule has 1 aliphatic rings. The molecule has 2 atom stereocenters. The van der Waals surface area contributed by atoms with Crippen molar-refractivity contribution < 1.29 is 0 Å². The lowest BCUT2D eigenvalue weighted by Gasteiger charge is -2.36. The average Bonchev–Trinajstić information content (AvgIpc) is 1.82. The molecule has 72 valence electrons. The van der Waals surface area contributed by atoms with Gasteiger partial charge in [0.15, 0.2) is 0 Å². The maximum absolute atomic E-state index is 6.15. The first-order valence-electron chi connectivity index (χ1n) is 4.84. The van der Waals surface area contributed by atoms with Crippen LogP contribution in [0.1, 0.15) is 46.5 Å². The minimum absolute atomic E-state index is 0.363. The van der Waals surface area contributed by atoms with Crippen molar-refractivity contribution in [1.29, 1.82) is 0 Å². The zero-order valence-electron chi connectivity index (χ0n) is 8.27. The maximum atomic E-state index is 6.15. The molecule has 0 spiro atoms. The summed E-state index contributed by atoms with van der Waals surface area (Å²) >= 11 is 8.13. The predicted molar refractivity (Wildman–Crippen MR) is 58.9 cm³/mol. The molecule has 0 radical (unpaired) electrons. The van der Waals surface area contributed by atoms with Crippen molar-refractivity contribution in [3.63, 3.8) is 0 Å². The highest BCUT2D eigenvalue weighted by atomic mass is 35.5. The Morgan fingerprint density at radius 1 is 1.58 bits per heavy atom. The van der Waals surface area contributed by atoms with E-state index in [2.05, 4.69) is 20.8 Å². The Morgan fingerprint density at radius 2 is 2.25 bits per heavy atom. The minimum Gasteiger partial charge on any atom is -0.136 e. The first-order valence-corrected chi connectivity index (χ1v) is 6.15. The van der Waals surface area contributed by atoms with Crippen LogP contribution < -0.4 is 0 Å². The van der Waals surface area contributed by atoms with Gasteiger partial charge in [-0.2, -0.15) is 0 Å². The van der Waals surface area contributed by atoms with Gasteiger partial charge in [-0.25, -0.2) is 0 Å². The van der Waals surface area contributed by atoms with E-state index >= 15 is 0 Å². The molecule has 0 nitrogen and oxygen atoms in total. The van der Waals surface area contributed by atoms with E-state index in [1.54, 1.807) is 0 Å². The number of thioether (sulfide) groups is 1. The van der Waals surface area contributed by atoms with E-state index in [0.29, 0.717) is 9.46 Å². The van der Waals surface area contributed by atoms with Crippen LogP contribution in [0.5, 0.6) is 0 Å². The van der Waals surface area contributed by atoms with Gasteiger partial charge in [0.1, 0.15) is 0 Å². The topological polar surface area (TPSA) is 0 Å². The van der Waals surface area contributed by atoms with Gasteiger partial charge >= 0.3 is 0 Å². The van der Waals surface area contributed by atoms with Crippen molar-refractivity contribution >= 4 is 23.4 Å². The summed E-state index contributed by atoms with van der Waals surface area (Å²) in [5.41, 5.74) is 0. The monoisotopic (exact) mass is 206 g/mol. The second-order valence-electron chi connectivity index (χ2n) is 4.47. The zero-order valence-corrected chi connectivity index (χ0v) is 9.84. The normalized spacial score (nSPS) is 37.2. The Hall–Kier alpha value is 0.640. The van der Waals surface area contributed by atoms with Gasteiger partial charge in [-0.1, -0.05) is 20.8 Å². The summed E-state index contributed by atoms with van der Waals surface area (Å²) in [6.45, 7) is 6.96. The van der Waals surface area contributed by atoms with Gasteiger partial charge in [-0.05, 0) is 31.6 Å². The Labute approximate surface area is 85.4 Å². The van der Waals surface area contributed by atoms with Crippen molar-refractivity contribution in [2.75, 3.05) is 0 Å². The van der Waals surface area contributed by atoms with Crippen LogP contribution >= 0.6 is 23.4 Å². The van der Waals surface area contributed by atoms with Crippen LogP contribution in [0.25, 0.3) is 0 Å². The molecule has 1 saturated heterocycles. The number of hydrogen-bond donors (Lipinski definition) is 0. The Balaban J connectivity index is 2.45. The van der Waals surface area contributed by atoms with Gasteiger partial charge in [-0.3, -0.25) is 0 Å². The summed E-state index contributed by atoms with van der Waals surface area (Å²) in [5.74, 6) is 0.796. The highest BCUT2D eigenvalue weighted by molar-refractivity contribution is 8.02. The van der Waals surface area contributed by atoms with E-state index in [4.69, 9.17) is 11.6 Å². The van der Waals surface area contributed by atoms with Crippen LogP contribution in [0.3, 0.4) is 0 Å². The average molecular weight is 207 g/mol. The van der Waals surface area contributed by atoms with Gasteiger partial charge < -0.3 is 0 Å². The highest BCUT2D eigenvalue weighted by Gasteiger charge is 2.32. The number of alkyl halides is 1. The van der Waals surface area contributed by atoms with Crippen LogP contribution in [0.2, 0.25) is 0 Å². The van der Waals surface area contributed by atoms with Gasteiger partial charge in [-0.15, -0.1) is 23.4 Å². The number of rotatable bonds is 2. The molecule has 1 aliphatic heterocycles. The highest BCUT2D eigenvalue weighted by Crippen LogP contribution is 2.45. The third-order valence-corrected chi connectivity index (χ3v) is 4.31. The molecule has 1 rings (SSSR count). The van der Waals surface area contributed by atoms with E-state index in [1.165, 1.54) is 25.7 Å². The molecular formula is C10H19ClS. The van der Waals surface area contributed by atoms with Crippen molar-refractivity contribution in [2.45, 2.75) is 55.9 Å². The van der Waals surface area contributed by atoms with Crippen molar-refractivity contribution in [3.8, 4) is 0 Å². The lowest BCUT2D eigenvalue weighted by Crippen LogP contribution is -2.28. The summed E-state index contributed by atoms with van der Waals surface area (Å²) < 4.78 is 0.821. The molecule has 12 heavy (non-hydrogen) atoms. The molecule has 1 fully saturated rings. The van der Waals surface area contributed by atoms with Gasteiger partial charge in [0.05, 0.1) is 4.71 Å². The molecule has 0 aromatic heterocycles. The van der Waals surface area contributed by atoms with E-state index in [0.717, 1.165) is 5.92 Å². The molecule has 1 heterocycles. The van der Waals surface area contributed by atoms with E-state index in [-0.39, 0.29) is 0 Å². The minimum atomic E-state index is 0.363. The van der Waals surface area contributed by atoms with Crippen LogP contribution in [-0.4, -0.2) is 9.46 Å². The smallest absolute Gasteiger partial charge is 0.0794 e. The summed E-state index contributed by atoms with van der Waals surface area (Å²) in [5, 5.41) is 0. The SMILES string of the molecule is CC(C)CC1(C)CCCC(Cl)S1. The van der Waals surface area contributed by atoms with Crippen LogP contribution in [0.4, 0.5) is 0 Å². The van der Waals surface area contributed by atoms with Gasteiger partial charge in [0, 0.05) is 4.75 Å². The first kappa shape index (κ1) is 10.7. The molecule has 0 aromatic rings. The lowest BCUT2D eigenvalue weighted by molar-refractivity contribution is 0.429. The second kappa shape index (κ2) is 4.23. The fraction of sp³-hybridized carbons (Fsp3) is 1.00. The fourth-order valence-corrected chi connectivity index (χ4v) is 4.47. The molecule has 0 bridgehead atoms. The van der Waals surface area contributed by atoms with Crippen molar-refractivity contribution in [1.82, 2.24) is 0 Å². The molecule has 0 saturated carbocycles. The molecule has 2 unspecified atom stereocenters. The quantitative estimate of drug-likeness (QED) is 0.608. The largest absolute Gasteiger partial charge is 0.136 e. The molecule has 0 aromatic carbocycles. The molecule has 2 heteroatoms. The summed E-state index contributed by atoms with van der Waals surface area (Å²) in [7, 11) is 0. The van der Waals surface area contributed by atoms with Crippen LogP contribution in [-0.2, 0) is 0 Å². The predicted octanol–water partition coefficient (Wildman–Crippen LogP) is 4.27. The fourth-order valence-electron chi connectivity index (χ4n) is 2.08. The first-order chi connectivity index (χ1) is 5.52. The summed E-state index contributed by atoms with van der Waals surface area (Å²) in [4.78, 5) is 0. The van der Waals surface area contributed by atoms with E-state index < -0.39 is 0 Å². The van der Waals surface area contributed by atoms with Gasteiger partial charge in [0.2, 0.25) is 0 Å². The van der Waals surface area contributed by atoms with Crippen LogP contribution in [0, 0.1) is 5.92 Å². The van der Waals surface area contributed by atoms with Crippen molar-refractivity contribution in [2.24, 2.45) is 5.92 Å². The molecule has 0 aliphatic carbocycles. The maximum Gasteiger partial charge on any atom is 0.0794 e. The standard InChI is InChI=1S/C10H19ClS/c1-8(2)7-10(3)6-4-5-9(11)12-10/h8-9H,4-7H2,1-3H3. The van der Waals surface area contributed by atoms with Crippen LogP contribution in [0.15, 0.2) is 0 Å². The summed E-state index contributed by atoms with van der Waals surface area (Å²) in [6.07, 6.45) is 5.16. The third kappa shape index (κ3) is 3.18. The lowest BCUT2D eigenvalue weighted by atomic mass is 9.93.